The molecule has 0 bridgehead atoms. The fourth-order valence-electron chi connectivity index (χ4n) is 2.09. The van der Waals surface area contributed by atoms with Crippen molar-refractivity contribution in [1.29, 1.82) is 0 Å². The van der Waals surface area contributed by atoms with Crippen LogP contribution in [-0.2, 0) is 11.3 Å². The smallest absolute Gasteiger partial charge is 0.246 e. The Kier molecular flexibility index (Phi) is 5.33. The van der Waals surface area contributed by atoms with E-state index in [0.29, 0.717) is 17.4 Å². The first-order valence-corrected chi connectivity index (χ1v) is 7.70. The van der Waals surface area contributed by atoms with E-state index in [1.54, 1.807) is 43.0 Å². The number of nitrogens with zero attached hydrogens (tertiary/aromatic N) is 5. The Labute approximate surface area is 139 Å². The lowest BCUT2D eigenvalue weighted by Gasteiger charge is -2.27. The molecule has 1 N–H and O–H groups in total. The second kappa shape index (κ2) is 7.06. The van der Waals surface area contributed by atoms with Gasteiger partial charge in [-0.3, -0.25) is 4.79 Å². The maximum Gasteiger partial charge on any atom is 0.246 e. The zero-order valence-corrected chi connectivity index (χ0v) is 14.2. The Morgan fingerprint density at radius 3 is 2.57 bits per heavy atom. The van der Waals surface area contributed by atoms with Crippen LogP contribution in [0, 0.1) is 0 Å². The average molecular weight is 338 g/mol. The minimum Gasteiger partial charge on any atom is -0.389 e. The summed E-state index contributed by atoms with van der Waals surface area (Å²) in [5.74, 6) is 0.259. The van der Waals surface area contributed by atoms with Gasteiger partial charge in [0.05, 0.1) is 5.60 Å². The largest absolute Gasteiger partial charge is 0.389 e. The molecule has 0 aliphatic carbocycles. The van der Waals surface area contributed by atoms with E-state index in [4.69, 9.17) is 11.6 Å². The predicted molar refractivity (Wildman–Crippen MR) is 86.8 cm³/mol. The van der Waals surface area contributed by atoms with Crippen molar-refractivity contribution in [3.05, 3.63) is 29.3 Å². The minimum absolute atomic E-state index is 0.0233. The standard InChI is InChI=1S/C15H20ClN5O2/c1-4-20(10-15(2,3)23)13(22)9-21-18-14(17-19-21)11-5-7-12(16)8-6-11/h5-8,23H,4,9-10H2,1-3H3. The third-order valence-corrected chi connectivity index (χ3v) is 3.40. The number of aliphatic hydroxyl groups is 1. The summed E-state index contributed by atoms with van der Waals surface area (Å²) in [6, 6.07) is 7.06. The monoisotopic (exact) mass is 337 g/mol. The van der Waals surface area contributed by atoms with Crippen molar-refractivity contribution in [3.63, 3.8) is 0 Å². The Hall–Kier alpha value is -1.99. The summed E-state index contributed by atoms with van der Waals surface area (Å²) in [5.41, 5.74) is -0.174. The first-order chi connectivity index (χ1) is 10.8. The second-order valence-electron chi connectivity index (χ2n) is 5.87. The van der Waals surface area contributed by atoms with Gasteiger partial charge in [0, 0.05) is 23.7 Å². The molecule has 0 saturated carbocycles. The molecule has 1 aromatic heterocycles. The number of likely N-dealkylation sites (N-methyl/N-ethyl adjacent to an activating group) is 1. The van der Waals surface area contributed by atoms with Crippen molar-refractivity contribution in [2.24, 2.45) is 0 Å². The van der Waals surface area contributed by atoms with Gasteiger partial charge < -0.3 is 10.0 Å². The Balaban J connectivity index is 2.06. The van der Waals surface area contributed by atoms with Gasteiger partial charge in [0.1, 0.15) is 6.54 Å². The SMILES string of the molecule is CCN(CC(C)(C)O)C(=O)Cn1nnc(-c2ccc(Cl)cc2)n1. The molecule has 124 valence electrons. The molecule has 0 aliphatic rings. The molecule has 0 radical (unpaired) electrons. The Morgan fingerprint density at radius 2 is 2.00 bits per heavy atom. The summed E-state index contributed by atoms with van der Waals surface area (Å²) in [5, 5.41) is 22.5. The van der Waals surface area contributed by atoms with Gasteiger partial charge in [0.2, 0.25) is 11.7 Å². The zero-order valence-electron chi connectivity index (χ0n) is 13.4. The van der Waals surface area contributed by atoms with E-state index in [2.05, 4.69) is 15.4 Å². The van der Waals surface area contributed by atoms with Gasteiger partial charge in [0.15, 0.2) is 0 Å². The summed E-state index contributed by atoms with van der Waals surface area (Å²) < 4.78 is 0. The average Bonchev–Trinajstić information content (AvgIpc) is 2.93. The Bertz CT molecular complexity index is 663. The fraction of sp³-hybridized carbons (Fsp3) is 0.467. The van der Waals surface area contributed by atoms with E-state index >= 15 is 0 Å². The lowest BCUT2D eigenvalue weighted by Crippen LogP contribution is -2.43. The molecule has 0 unspecified atom stereocenters. The molecule has 2 rings (SSSR count). The van der Waals surface area contributed by atoms with Crippen LogP contribution in [0.5, 0.6) is 0 Å². The fourth-order valence-corrected chi connectivity index (χ4v) is 2.22. The number of tetrazole rings is 1. The van der Waals surface area contributed by atoms with Crippen LogP contribution in [0.4, 0.5) is 0 Å². The number of benzene rings is 1. The summed E-state index contributed by atoms with van der Waals surface area (Å²) in [6.45, 7) is 5.91. The van der Waals surface area contributed by atoms with Crippen LogP contribution in [0.3, 0.4) is 0 Å². The van der Waals surface area contributed by atoms with Crippen molar-refractivity contribution in [1.82, 2.24) is 25.1 Å². The van der Waals surface area contributed by atoms with Gasteiger partial charge in [0.25, 0.3) is 0 Å². The van der Waals surface area contributed by atoms with Crippen molar-refractivity contribution in [2.45, 2.75) is 32.9 Å². The van der Waals surface area contributed by atoms with E-state index in [1.807, 2.05) is 6.92 Å². The van der Waals surface area contributed by atoms with E-state index in [9.17, 15) is 9.90 Å². The number of hydrogen-bond acceptors (Lipinski definition) is 5. The number of aromatic nitrogens is 4. The highest BCUT2D eigenvalue weighted by atomic mass is 35.5. The van der Waals surface area contributed by atoms with E-state index in [1.165, 1.54) is 4.80 Å². The van der Waals surface area contributed by atoms with E-state index < -0.39 is 5.60 Å². The van der Waals surface area contributed by atoms with Crippen molar-refractivity contribution < 1.29 is 9.90 Å². The van der Waals surface area contributed by atoms with Crippen molar-refractivity contribution in [3.8, 4) is 11.4 Å². The highest BCUT2D eigenvalue weighted by Gasteiger charge is 2.22. The van der Waals surface area contributed by atoms with E-state index in [0.717, 1.165) is 5.56 Å². The van der Waals surface area contributed by atoms with Gasteiger partial charge in [-0.15, -0.1) is 10.2 Å². The van der Waals surface area contributed by atoms with Crippen LogP contribution in [0.1, 0.15) is 20.8 Å². The molecule has 8 heteroatoms. The van der Waals surface area contributed by atoms with Gasteiger partial charge in [-0.25, -0.2) is 0 Å². The molecule has 1 amide bonds. The van der Waals surface area contributed by atoms with Gasteiger partial charge in [-0.1, -0.05) is 11.6 Å². The number of hydrogen-bond donors (Lipinski definition) is 1. The summed E-state index contributed by atoms with van der Waals surface area (Å²) in [7, 11) is 0. The van der Waals surface area contributed by atoms with E-state index in [-0.39, 0.29) is 19.0 Å². The first kappa shape index (κ1) is 17.4. The molecule has 1 heterocycles. The molecule has 1 aromatic carbocycles. The molecular formula is C15H20ClN5O2. The first-order valence-electron chi connectivity index (χ1n) is 7.32. The second-order valence-corrected chi connectivity index (χ2v) is 6.31. The van der Waals surface area contributed by atoms with Crippen LogP contribution >= 0.6 is 11.6 Å². The Morgan fingerprint density at radius 1 is 1.35 bits per heavy atom. The number of amides is 1. The molecule has 0 saturated heterocycles. The maximum absolute atomic E-state index is 12.3. The third-order valence-electron chi connectivity index (χ3n) is 3.14. The molecule has 2 aromatic rings. The number of rotatable bonds is 6. The van der Waals surface area contributed by atoms with Crippen LogP contribution in [0.2, 0.25) is 5.02 Å². The molecular weight excluding hydrogens is 318 g/mol. The predicted octanol–water partition coefficient (Wildman–Crippen LogP) is 1.61. The summed E-state index contributed by atoms with van der Waals surface area (Å²) in [4.78, 5) is 15.1. The molecule has 0 fully saturated rings. The quantitative estimate of drug-likeness (QED) is 0.865. The maximum atomic E-state index is 12.3. The molecule has 0 spiro atoms. The summed E-state index contributed by atoms with van der Waals surface area (Å²) >= 11 is 5.84. The van der Waals surface area contributed by atoms with Crippen molar-refractivity contribution in [2.75, 3.05) is 13.1 Å². The van der Waals surface area contributed by atoms with Gasteiger partial charge in [-0.2, -0.15) is 4.80 Å². The molecule has 0 aliphatic heterocycles. The third kappa shape index (κ3) is 5.01. The molecule has 0 atom stereocenters. The number of carbonyl (C=O) groups is 1. The number of carbonyl (C=O) groups excluding carboxylic acids is 1. The zero-order chi connectivity index (χ0) is 17.0. The van der Waals surface area contributed by atoms with Crippen molar-refractivity contribution >= 4 is 17.5 Å². The van der Waals surface area contributed by atoms with Crippen LogP contribution in [0.25, 0.3) is 11.4 Å². The molecule has 23 heavy (non-hydrogen) atoms. The van der Waals surface area contributed by atoms with Crippen LogP contribution in [-0.4, -0.2) is 54.8 Å². The number of halogens is 1. The topological polar surface area (TPSA) is 84.1 Å². The highest BCUT2D eigenvalue weighted by molar-refractivity contribution is 6.30. The molecule has 7 nitrogen and oxygen atoms in total. The lowest BCUT2D eigenvalue weighted by atomic mass is 10.1. The van der Waals surface area contributed by atoms with Gasteiger partial charge in [-0.05, 0) is 50.3 Å². The highest BCUT2D eigenvalue weighted by Crippen LogP contribution is 2.17. The van der Waals surface area contributed by atoms with Gasteiger partial charge >= 0.3 is 0 Å². The lowest BCUT2D eigenvalue weighted by molar-refractivity contribution is -0.135. The van der Waals surface area contributed by atoms with Crippen LogP contribution < -0.4 is 0 Å². The summed E-state index contributed by atoms with van der Waals surface area (Å²) in [6.07, 6.45) is 0. The normalized spacial score (nSPS) is 11.5. The minimum atomic E-state index is -0.948. The van der Waals surface area contributed by atoms with Crippen LogP contribution in [0.15, 0.2) is 24.3 Å².